The molecular formula is C15H17ClN2. The fourth-order valence-electron chi connectivity index (χ4n) is 2.08. The molecule has 0 bridgehead atoms. The predicted octanol–water partition coefficient (Wildman–Crippen LogP) is 3.85. The van der Waals surface area contributed by atoms with Crippen LogP contribution in [0.4, 0.5) is 0 Å². The highest BCUT2D eigenvalue weighted by molar-refractivity contribution is 6.31. The maximum Gasteiger partial charge on any atom is 0.0450 e. The van der Waals surface area contributed by atoms with E-state index >= 15 is 0 Å². The van der Waals surface area contributed by atoms with Gasteiger partial charge >= 0.3 is 0 Å². The van der Waals surface area contributed by atoms with Gasteiger partial charge in [-0.1, -0.05) is 36.7 Å². The molecule has 0 fully saturated rings. The van der Waals surface area contributed by atoms with Gasteiger partial charge < -0.3 is 5.73 Å². The van der Waals surface area contributed by atoms with Crippen LogP contribution in [0.3, 0.4) is 0 Å². The van der Waals surface area contributed by atoms with Gasteiger partial charge in [-0.2, -0.15) is 0 Å². The van der Waals surface area contributed by atoms with E-state index in [4.69, 9.17) is 17.3 Å². The van der Waals surface area contributed by atoms with Gasteiger partial charge in [-0.3, -0.25) is 4.98 Å². The highest BCUT2D eigenvalue weighted by Crippen LogP contribution is 2.31. The van der Waals surface area contributed by atoms with E-state index in [0.29, 0.717) is 0 Å². The van der Waals surface area contributed by atoms with Crippen molar-refractivity contribution in [1.29, 1.82) is 0 Å². The number of aromatic nitrogens is 1. The molecule has 0 amide bonds. The summed E-state index contributed by atoms with van der Waals surface area (Å²) < 4.78 is 0. The molecule has 0 saturated heterocycles. The van der Waals surface area contributed by atoms with Crippen LogP contribution in [0.1, 0.15) is 35.7 Å². The molecular weight excluding hydrogens is 244 g/mol. The van der Waals surface area contributed by atoms with Crippen molar-refractivity contribution in [3.8, 4) is 0 Å². The van der Waals surface area contributed by atoms with Gasteiger partial charge in [0.05, 0.1) is 0 Å². The van der Waals surface area contributed by atoms with Crippen LogP contribution in [-0.4, -0.2) is 4.98 Å². The van der Waals surface area contributed by atoms with Gasteiger partial charge in [0.1, 0.15) is 0 Å². The zero-order chi connectivity index (χ0) is 13.1. The average Bonchev–Trinajstić information content (AvgIpc) is 2.41. The summed E-state index contributed by atoms with van der Waals surface area (Å²) >= 11 is 6.14. The van der Waals surface area contributed by atoms with Crippen molar-refractivity contribution in [2.45, 2.75) is 25.8 Å². The Morgan fingerprint density at radius 2 is 1.94 bits per heavy atom. The van der Waals surface area contributed by atoms with Crippen LogP contribution >= 0.6 is 11.6 Å². The number of nitrogens with two attached hydrogens (primary N) is 1. The second-order valence-corrected chi connectivity index (χ2v) is 4.93. The van der Waals surface area contributed by atoms with E-state index in [9.17, 15) is 0 Å². The van der Waals surface area contributed by atoms with Crippen molar-refractivity contribution in [2.75, 3.05) is 0 Å². The summed E-state index contributed by atoms with van der Waals surface area (Å²) in [6, 6.07) is 11.7. The Labute approximate surface area is 113 Å². The summed E-state index contributed by atoms with van der Waals surface area (Å²) in [5, 5.41) is 0.760. The Morgan fingerprint density at radius 3 is 2.61 bits per heavy atom. The summed E-state index contributed by atoms with van der Waals surface area (Å²) in [6.07, 6.45) is 1.80. The van der Waals surface area contributed by atoms with Crippen LogP contribution < -0.4 is 5.73 Å². The molecule has 18 heavy (non-hydrogen) atoms. The number of rotatable bonds is 3. The predicted molar refractivity (Wildman–Crippen MR) is 75.8 cm³/mol. The number of hydrogen-bond acceptors (Lipinski definition) is 2. The third-order valence-electron chi connectivity index (χ3n) is 3.36. The summed E-state index contributed by atoms with van der Waals surface area (Å²) in [5.41, 5.74) is 9.48. The maximum absolute atomic E-state index is 6.34. The second-order valence-electron chi connectivity index (χ2n) is 4.52. The zero-order valence-electron chi connectivity index (χ0n) is 10.6. The molecule has 1 aromatic carbocycles. The molecule has 0 radical (unpaired) electrons. The third kappa shape index (κ3) is 2.55. The SMILES string of the molecule is Cc1c(Cl)cccc1C(N)C(C)c1ccccn1. The molecule has 3 heteroatoms. The van der Waals surface area contributed by atoms with Gasteiger partial charge in [-0.25, -0.2) is 0 Å². The summed E-state index contributed by atoms with van der Waals surface area (Å²) in [4.78, 5) is 4.36. The van der Waals surface area contributed by atoms with Crippen LogP contribution in [-0.2, 0) is 0 Å². The molecule has 2 atom stereocenters. The first-order valence-electron chi connectivity index (χ1n) is 6.02. The molecule has 0 aliphatic carbocycles. The number of benzene rings is 1. The number of halogens is 1. The molecule has 2 unspecified atom stereocenters. The molecule has 94 valence electrons. The van der Waals surface area contributed by atoms with Gasteiger partial charge in [-0.05, 0) is 36.2 Å². The lowest BCUT2D eigenvalue weighted by Crippen LogP contribution is -2.19. The fourth-order valence-corrected chi connectivity index (χ4v) is 2.27. The maximum atomic E-state index is 6.34. The highest BCUT2D eigenvalue weighted by atomic mass is 35.5. The normalized spacial score (nSPS) is 14.2. The topological polar surface area (TPSA) is 38.9 Å². The van der Waals surface area contributed by atoms with Crippen molar-refractivity contribution in [3.63, 3.8) is 0 Å². The van der Waals surface area contributed by atoms with Crippen LogP contribution in [0.2, 0.25) is 5.02 Å². The highest BCUT2D eigenvalue weighted by Gasteiger charge is 2.19. The van der Waals surface area contributed by atoms with Gasteiger partial charge in [0.15, 0.2) is 0 Å². The van der Waals surface area contributed by atoms with Crippen molar-refractivity contribution in [1.82, 2.24) is 4.98 Å². The molecule has 1 aromatic heterocycles. The third-order valence-corrected chi connectivity index (χ3v) is 3.77. The molecule has 0 aliphatic heterocycles. The molecule has 0 aliphatic rings. The van der Waals surface area contributed by atoms with Gasteiger partial charge in [0, 0.05) is 28.9 Å². The lowest BCUT2D eigenvalue weighted by Gasteiger charge is -2.22. The monoisotopic (exact) mass is 260 g/mol. The van der Waals surface area contributed by atoms with Crippen LogP contribution in [0, 0.1) is 6.92 Å². The smallest absolute Gasteiger partial charge is 0.0450 e. The minimum absolute atomic E-state index is 0.0985. The Balaban J connectivity index is 2.31. The molecule has 1 heterocycles. The Bertz CT molecular complexity index is 525. The second kappa shape index (κ2) is 5.51. The average molecular weight is 261 g/mol. The zero-order valence-corrected chi connectivity index (χ0v) is 11.4. The van der Waals surface area contributed by atoms with Gasteiger partial charge in [-0.15, -0.1) is 0 Å². The van der Waals surface area contributed by atoms with Crippen LogP contribution in [0.15, 0.2) is 42.6 Å². The van der Waals surface area contributed by atoms with Crippen molar-refractivity contribution in [2.24, 2.45) is 5.73 Å². The van der Waals surface area contributed by atoms with E-state index in [0.717, 1.165) is 21.8 Å². The first kappa shape index (κ1) is 13.1. The Hall–Kier alpha value is -1.38. The van der Waals surface area contributed by atoms with E-state index in [-0.39, 0.29) is 12.0 Å². The number of hydrogen-bond donors (Lipinski definition) is 1. The quantitative estimate of drug-likeness (QED) is 0.911. The van der Waals surface area contributed by atoms with Gasteiger partial charge in [0.2, 0.25) is 0 Å². The molecule has 2 aromatic rings. The Morgan fingerprint density at radius 1 is 1.17 bits per heavy atom. The number of nitrogens with zero attached hydrogens (tertiary/aromatic N) is 1. The molecule has 2 N–H and O–H groups in total. The van der Waals surface area contributed by atoms with Gasteiger partial charge in [0.25, 0.3) is 0 Å². The largest absolute Gasteiger partial charge is 0.323 e. The fraction of sp³-hybridized carbons (Fsp3) is 0.267. The summed E-state index contributed by atoms with van der Waals surface area (Å²) in [7, 11) is 0. The Kier molecular flexibility index (Phi) is 4.00. The molecule has 0 spiro atoms. The minimum Gasteiger partial charge on any atom is -0.323 e. The van der Waals surface area contributed by atoms with Crippen LogP contribution in [0.25, 0.3) is 0 Å². The number of pyridine rings is 1. The van der Waals surface area contributed by atoms with E-state index in [2.05, 4.69) is 11.9 Å². The van der Waals surface area contributed by atoms with E-state index < -0.39 is 0 Å². The first-order chi connectivity index (χ1) is 8.61. The molecule has 2 rings (SSSR count). The standard InChI is InChI=1S/C15H17ClN2/c1-10-12(6-5-7-13(10)16)15(17)11(2)14-8-3-4-9-18-14/h3-9,11,15H,17H2,1-2H3. The van der Waals surface area contributed by atoms with E-state index in [1.807, 2.05) is 43.3 Å². The van der Waals surface area contributed by atoms with E-state index in [1.165, 1.54) is 0 Å². The lowest BCUT2D eigenvalue weighted by molar-refractivity contribution is 0.581. The first-order valence-corrected chi connectivity index (χ1v) is 6.40. The van der Waals surface area contributed by atoms with E-state index in [1.54, 1.807) is 6.20 Å². The summed E-state index contributed by atoms with van der Waals surface area (Å²) in [5.74, 6) is 0.156. The summed E-state index contributed by atoms with van der Waals surface area (Å²) in [6.45, 7) is 4.09. The van der Waals surface area contributed by atoms with Crippen LogP contribution in [0.5, 0.6) is 0 Å². The van der Waals surface area contributed by atoms with Crippen molar-refractivity contribution < 1.29 is 0 Å². The van der Waals surface area contributed by atoms with Crippen molar-refractivity contribution >= 4 is 11.6 Å². The molecule has 0 saturated carbocycles. The van der Waals surface area contributed by atoms with Crippen molar-refractivity contribution in [3.05, 3.63) is 64.4 Å². The lowest BCUT2D eigenvalue weighted by atomic mass is 9.90. The minimum atomic E-state index is -0.0985. The molecule has 2 nitrogen and oxygen atoms in total.